The second-order valence-electron chi connectivity index (χ2n) is 3.74. The maximum absolute atomic E-state index is 8.99. The van der Waals surface area contributed by atoms with E-state index in [0.29, 0.717) is 31.9 Å². The third kappa shape index (κ3) is 3.33. The largest absolute Gasteiger partial charge is 0.487 e. The molecule has 0 saturated carbocycles. The maximum atomic E-state index is 8.99. The van der Waals surface area contributed by atoms with Gasteiger partial charge in [-0.1, -0.05) is 40.9 Å². The van der Waals surface area contributed by atoms with Crippen molar-refractivity contribution in [3.05, 3.63) is 62.6 Å². The van der Waals surface area contributed by atoms with Crippen molar-refractivity contribution in [2.24, 2.45) is 0 Å². The van der Waals surface area contributed by atoms with Crippen LogP contribution in [0.4, 0.5) is 0 Å². The van der Waals surface area contributed by atoms with Crippen molar-refractivity contribution in [2.45, 2.75) is 6.61 Å². The summed E-state index contributed by atoms with van der Waals surface area (Å²) >= 11 is 18.0. The number of nitriles is 1. The van der Waals surface area contributed by atoms with Gasteiger partial charge in [-0.3, -0.25) is 0 Å². The number of hydrogen-bond acceptors (Lipinski definition) is 2. The summed E-state index contributed by atoms with van der Waals surface area (Å²) < 4.78 is 5.58. The zero-order valence-corrected chi connectivity index (χ0v) is 11.9. The molecule has 0 aliphatic rings. The van der Waals surface area contributed by atoms with Crippen LogP contribution in [0.1, 0.15) is 11.1 Å². The number of halogens is 3. The average Bonchev–Trinajstić information content (AvgIpc) is 2.38. The summed E-state index contributed by atoms with van der Waals surface area (Å²) in [6.07, 6.45) is 0. The first kappa shape index (κ1) is 14.0. The van der Waals surface area contributed by atoms with Crippen LogP contribution in [-0.2, 0) is 6.61 Å². The molecule has 0 radical (unpaired) electrons. The van der Waals surface area contributed by atoms with E-state index in [1.807, 2.05) is 6.07 Å². The van der Waals surface area contributed by atoms with Crippen LogP contribution in [0, 0.1) is 11.3 Å². The molecule has 0 bridgehead atoms. The van der Waals surface area contributed by atoms with Crippen LogP contribution in [-0.4, -0.2) is 0 Å². The molecule has 2 rings (SSSR count). The topological polar surface area (TPSA) is 33.0 Å². The van der Waals surface area contributed by atoms with Gasteiger partial charge < -0.3 is 4.74 Å². The highest BCUT2D eigenvalue weighted by atomic mass is 35.5. The van der Waals surface area contributed by atoms with E-state index in [2.05, 4.69) is 0 Å². The second-order valence-corrected chi connectivity index (χ2v) is 4.99. The van der Waals surface area contributed by atoms with Gasteiger partial charge >= 0.3 is 0 Å². The maximum Gasteiger partial charge on any atom is 0.139 e. The number of ether oxygens (including phenoxy) is 1. The summed E-state index contributed by atoms with van der Waals surface area (Å²) in [5, 5.41) is 10.5. The Balaban J connectivity index is 2.24. The highest BCUT2D eigenvalue weighted by Crippen LogP contribution is 2.28. The zero-order chi connectivity index (χ0) is 13.8. The van der Waals surface area contributed by atoms with E-state index in [1.165, 1.54) is 0 Å². The SMILES string of the molecule is N#Cc1ccc(Cl)cc1OCc1c(Cl)cccc1Cl. The third-order valence-corrected chi connectivity index (χ3v) is 3.44. The molecule has 0 aromatic heterocycles. The molecule has 0 fully saturated rings. The van der Waals surface area contributed by atoms with Crippen molar-refractivity contribution in [2.75, 3.05) is 0 Å². The molecule has 0 spiro atoms. The Kier molecular flexibility index (Phi) is 4.55. The van der Waals surface area contributed by atoms with E-state index >= 15 is 0 Å². The van der Waals surface area contributed by atoms with Gasteiger partial charge in [0, 0.05) is 26.7 Å². The Morgan fingerprint density at radius 2 is 1.74 bits per heavy atom. The lowest BCUT2D eigenvalue weighted by molar-refractivity contribution is 0.305. The van der Waals surface area contributed by atoms with Gasteiger partial charge in [-0.05, 0) is 24.3 Å². The predicted molar refractivity (Wildman–Crippen MR) is 77.0 cm³/mol. The Morgan fingerprint density at radius 3 is 2.37 bits per heavy atom. The molecular formula is C14H8Cl3NO. The quantitative estimate of drug-likeness (QED) is 0.790. The Labute approximate surface area is 126 Å². The molecule has 5 heteroatoms. The molecule has 0 unspecified atom stereocenters. The van der Waals surface area contributed by atoms with Gasteiger partial charge in [0.25, 0.3) is 0 Å². The standard InChI is InChI=1S/C14H8Cl3NO/c15-10-5-4-9(7-18)14(6-10)19-8-11-12(16)2-1-3-13(11)17/h1-6H,8H2. The fourth-order valence-corrected chi connectivity index (χ4v) is 2.20. The van der Waals surface area contributed by atoms with Gasteiger partial charge in [0.1, 0.15) is 18.4 Å². The molecule has 0 atom stereocenters. The van der Waals surface area contributed by atoms with E-state index in [1.54, 1.807) is 36.4 Å². The number of nitrogens with zero attached hydrogens (tertiary/aromatic N) is 1. The summed E-state index contributed by atoms with van der Waals surface area (Å²) in [5.41, 5.74) is 1.09. The lowest BCUT2D eigenvalue weighted by atomic mass is 10.2. The van der Waals surface area contributed by atoms with Crippen LogP contribution in [0.2, 0.25) is 15.1 Å². The van der Waals surface area contributed by atoms with Crippen LogP contribution >= 0.6 is 34.8 Å². The molecule has 96 valence electrons. The van der Waals surface area contributed by atoms with Crippen molar-refractivity contribution < 1.29 is 4.74 Å². The minimum atomic E-state index is 0.174. The first-order chi connectivity index (χ1) is 9.11. The lowest BCUT2D eigenvalue weighted by Crippen LogP contribution is -1.99. The van der Waals surface area contributed by atoms with Crippen molar-refractivity contribution >= 4 is 34.8 Å². The highest BCUT2D eigenvalue weighted by Gasteiger charge is 2.09. The summed E-state index contributed by atoms with van der Waals surface area (Å²) in [5.74, 6) is 0.408. The van der Waals surface area contributed by atoms with Gasteiger partial charge in [-0.15, -0.1) is 0 Å². The van der Waals surface area contributed by atoms with Gasteiger partial charge in [-0.25, -0.2) is 0 Å². The van der Waals surface area contributed by atoms with Crippen molar-refractivity contribution in [3.8, 4) is 11.8 Å². The molecule has 2 aromatic rings. The fraction of sp³-hybridized carbons (Fsp3) is 0.0714. The van der Waals surface area contributed by atoms with Crippen molar-refractivity contribution in [1.29, 1.82) is 5.26 Å². The van der Waals surface area contributed by atoms with Crippen LogP contribution in [0.3, 0.4) is 0 Å². The predicted octanol–water partition coefficient (Wildman–Crippen LogP) is 5.10. The minimum Gasteiger partial charge on any atom is -0.487 e. The molecule has 0 saturated heterocycles. The first-order valence-electron chi connectivity index (χ1n) is 5.37. The molecule has 2 nitrogen and oxygen atoms in total. The van der Waals surface area contributed by atoms with E-state index in [0.717, 1.165) is 0 Å². The van der Waals surface area contributed by atoms with Gasteiger partial charge in [-0.2, -0.15) is 5.26 Å². The van der Waals surface area contributed by atoms with E-state index in [9.17, 15) is 0 Å². The van der Waals surface area contributed by atoms with Crippen molar-refractivity contribution in [3.63, 3.8) is 0 Å². The number of hydrogen-bond donors (Lipinski definition) is 0. The Hall–Kier alpha value is -1.40. The molecule has 0 aliphatic carbocycles. The van der Waals surface area contributed by atoms with Crippen LogP contribution in [0.5, 0.6) is 5.75 Å². The Bertz CT molecular complexity index is 629. The summed E-state index contributed by atoms with van der Waals surface area (Å²) in [4.78, 5) is 0. The molecule has 0 amide bonds. The van der Waals surface area contributed by atoms with E-state index in [4.69, 9.17) is 44.8 Å². The summed E-state index contributed by atoms with van der Waals surface area (Å²) in [6.45, 7) is 0.174. The van der Waals surface area contributed by atoms with Crippen molar-refractivity contribution in [1.82, 2.24) is 0 Å². The fourth-order valence-electron chi connectivity index (χ4n) is 1.53. The molecule has 0 N–H and O–H groups in total. The van der Waals surface area contributed by atoms with Crippen LogP contribution < -0.4 is 4.74 Å². The minimum absolute atomic E-state index is 0.174. The monoisotopic (exact) mass is 311 g/mol. The van der Waals surface area contributed by atoms with Gasteiger partial charge in [0.15, 0.2) is 0 Å². The lowest BCUT2D eigenvalue weighted by Gasteiger charge is -2.10. The number of rotatable bonds is 3. The average molecular weight is 313 g/mol. The molecule has 19 heavy (non-hydrogen) atoms. The molecule has 2 aromatic carbocycles. The molecule has 0 heterocycles. The first-order valence-corrected chi connectivity index (χ1v) is 6.50. The number of benzene rings is 2. The third-order valence-electron chi connectivity index (χ3n) is 2.50. The molecular weight excluding hydrogens is 305 g/mol. The van der Waals surface area contributed by atoms with Crippen LogP contribution in [0.25, 0.3) is 0 Å². The highest BCUT2D eigenvalue weighted by molar-refractivity contribution is 6.36. The van der Waals surface area contributed by atoms with E-state index in [-0.39, 0.29) is 6.61 Å². The summed E-state index contributed by atoms with van der Waals surface area (Å²) in [6, 6.07) is 12.1. The second kappa shape index (κ2) is 6.16. The van der Waals surface area contributed by atoms with Gasteiger partial charge in [0.05, 0.1) is 5.56 Å². The molecule has 0 aliphatic heterocycles. The van der Waals surface area contributed by atoms with E-state index < -0.39 is 0 Å². The normalized spacial score (nSPS) is 10.0. The van der Waals surface area contributed by atoms with Crippen LogP contribution in [0.15, 0.2) is 36.4 Å². The summed E-state index contributed by atoms with van der Waals surface area (Å²) in [7, 11) is 0. The Morgan fingerprint density at radius 1 is 1.05 bits per heavy atom. The van der Waals surface area contributed by atoms with Gasteiger partial charge in [0.2, 0.25) is 0 Å². The smallest absolute Gasteiger partial charge is 0.139 e. The zero-order valence-electron chi connectivity index (χ0n) is 9.66.